The quantitative estimate of drug-likeness (QED) is 0.557. The molecule has 0 atom stereocenters. The molecule has 1 spiro atoms. The van der Waals surface area contributed by atoms with Crippen LogP contribution in [0.5, 0.6) is 0 Å². The highest BCUT2D eigenvalue weighted by Crippen LogP contribution is 2.40. The third kappa shape index (κ3) is 2.46. The van der Waals surface area contributed by atoms with E-state index in [1.807, 2.05) is 0 Å². The molecule has 0 N–H and O–H groups in total. The average Bonchev–Trinajstić information content (AvgIpc) is 2.50. The molecule has 1 saturated carbocycles. The second-order valence-electron chi connectivity index (χ2n) is 4.92. The largest absolute Gasteiger partial charge is 0.381 e. The van der Waals surface area contributed by atoms with Gasteiger partial charge in [0.2, 0.25) is 0 Å². The lowest BCUT2D eigenvalue weighted by molar-refractivity contribution is 0.0498. The molecule has 2 rings (SSSR count). The van der Waals surface area contributed by atoms with Gasteiger partial charge in [0, 0.05) is 6.61 Å². The van der Waals surface area contributed by atoms with E-state index < -0.39 is 0 Å². The summed E-state index contributed by atoms with van der Waals surface area (Å²) in [6.07, 6.45) is 12.8. The summed E-state index contributed by atoms with van der Waals surface area (Å²) < 4.78 is 5.74. The fraction of sp³-hybridized carbons (Fsp3) is 1.00. The van der Waals surface area contributed by atoms with Crippen LogP contribution >= 0.6 is 0 Å². The van der Waals surface area contributed by atoms with Crippen LogP contribution in [0.15, 0.2) is 0 Å². The van der Waals surface area contributed by atoms with Crippen LogP contribution in [0.2, 0.25) is 0 Å². The van der Waals surface area contributed by atoms with Crippen LogP contribution in [0.4, 0.5) is 0 Å². The molecule has 76 valence electrons. The zero-order valence-corrected chi connectivity index (χ0v) is 8.69. The number of rotatable bonds is 0. The number of hydrogen-bond donors (Lipinski definition) is 0. The minimum atomic E-state index is 0.604. The molecule has 2 fully saturated rings. The maximum absolute atomic E-state index is 5.74. The van der Waals surface area contributed by atoms with Gasteiger partial charge in [-0.3, -0.25) is 0 Å². The van der Waals surface area contributed by atoms with Crippen LogP contribution in [0.1, 0.15) is 57.8 Å². The van der Waals surface area contributed by atoms with Crippen molar-refractivity contribution in [1.82, 2.24) is 0 Å². The first kappa shape index (κ1) is 9.51. The highest BCUT2D eigenvalue weighted by molar-refractivity contribution is 4.82. The molecule has 1 aliphatic carbocycles. The summed E-state index contributed by atoms with van der Waals surface area (Å²) in [5.41, 5.74) is 0.604. The lowest BCUT2D eigenvalue weighted by Gasteiger charge is -2.30. The Bertz CT molecular complexity index is 116. The summed E-state index contributed by atoms with van der Waals surface area (Å²) in [6, 6.07) is 0. The molecular weight excluding hydrogens is 160 g/mol. The van der Waals surface area contributed by atoms with Gasteiger partial charge in [0.15, 0.2) is 0 Å². The van der Waals surface area contributed by atoms with Crippen molar-refractivity contribution in [2.24, 2.45) is 5.41 Å². The Morgan fingerprint density at radius 3 is 2.00 bits per heavy atom. The van der Waals surface area contributed by atoms with Crippen LogP contribution in [-0.4, -0.2) is 13.2 Å². The first-order chi connectivity index (χ1) is 6.41. The minimum absolute atomic E-state index is 0.604. The molecule has 0 radical (unpaired) electrons. The maximum Gasteiger partial charge on any atom is 0.0522 e. The monoisotopic (exact) mass is 182 g/mol. The fourth-order valence-electron chi connectivity index (χ4n) is 2.94. The lowest BCUT2D eigenvalue weighted by Crippen LogP contribution is -2.24. The van der Waals surface area contributed by atoms with Crippen LogP contribution in [-0.2, 0) is 4.74 Å². The molecule has 1 saturated heterocycles. The zero-order valence-electron chi connectivity index (χ0n) is 8.69. The van der Waals surface area contributed by atoms with Crippen LogP contribution in [0.3, 0.4) is 0 Å². The molecule has 1 nitrogen and oxygen atoms in total. The fourth-order valence-corrected chi connectivity index (χ4v) is 2.94. The van der Waals surface area contributed by atoms with Gasteiger partial charge in [0.05, 0.1) is 6.61 Å². The van der Waals surface area contributed by atoms with Crippen molar-refractivity contribution in [3.8, 4) is 0 Å². The standard InChI is InChI=1S/C12H22O/c1-2-4-8-12(7-3-1)9-5-6-10-13-11-12/h1-11H2. The van der Waals surface area contributed by atoms with Crippen molar-refractivity contribution in [3.63, 3.8) is 0 Å². The number of ether oxygens (including phenoxy) is 1. The van der Waals surface area contributed by atoms with Gasteiger partial charge in [-0.2, -0.15) is 0 Å². The van der Waals surface area contributed by atoms with E-state index in [4.69, 9.17) is 4.74 Å². The minimum Gasteiger partial charge on any atom is -0.381 e. The molecule has 0 bridgehead atoms. The van der Waals surface area contributed by atoms with Gasteiger partial charge in [-0.15, -0.1) is 0 Å². The maximum atomic E-state index is 5.74. The van der Waals surface area contributed by atoms with Gasteiger partial charge in [-0.05, 0) is 31.1 Å². The van der Waals surface area contributed by atoms with E-state index in [0.29, 0.717) is 5.41 Å². The van der Waals surface area contributed by atoms with Crippen molar-refractivity contribution in [1.29, 1.82) is 0 Å². The van der Waals surface area contributed by atoms with Gasteiger partial charge in [-0.25, -0.2) is 0 Å². The smallest absolute Gasteiger partial charge is 0.0522 e. The average molecular weight is 182 g/mol. The second kappa shape index (κ2) is 4.45. The van der Waals surface area contributed by atoms with E-state index in [2.05, 4.69) is 0 Å². The van der Waals surface area contributed by atoms with Gasteiger partial charge in [-0.1, -0.05) is 32.1 Å². The van der Waals surface area contributed by atoms with E-state index in [0.717, 1.165) is 13.2 Å². The molecule has 0 amide bonds. The molecule has 13 heavy (non-hydrogen) atoms. The summed E-state index contributed by atoms with van der Waals surface area (Å²) >= 11 is 0. The zero-order chi connectivity index (χ0) is 8.99. The Labute approximate surface area is 81.9 Å². The number of hydrogen-bond acceptors (Lipinski definition) is 1. The Morgan fingerprint density at radius 2 is 1.31 bits per heavy atom. The molecule has 0 unspecified atom stereocenters. The summed E-state index contributed by atoms with van der Waals surface area (Å²) in [4.78, 5) is 0. The molecular formula is C12H22O. The van der Waals surface area contributed by atoms with E-state index >= 15 is 0 Å². The van der Waals surface area contributed by atoms with Crippen molar-refractivity contribution >= 4 is 0 Å². The topological polar surface area (TPSA) is 9.23 Å². The molecule has 2 aliphatic rings. The Balaban J connectivity index is 1.97. The van der Waals surface area contributed by atoms with E-state index in [1.165, 1.54) is 57.8 Å². The molecule has 0 aromatic rings. The SMILES string of the molecule is C1CCCC2(CC1)CCCCOC2. The Kier molecular flexibility index (Phi) is 3.26. The molecule has 0 aromatic heterocycles. The predicted molar refractivity (Wildman–Crippen MR) is 54.8 cm³/mol. The summed E-state index contributed by atoms with van der Waals surface area (Å²) in [6.45, 7) is 2.08. The Hall–Kier alpha value is -0.0400. The summed E-state index contributed by atoms with van der Waals surface area (Å²) in [5, 5.41) is 0. The van der Waals surface area contributed by atoms with Crippen molar-refractivity contribution in [2.45, 2.75) is 57.8 Å². The third-order valence-corrected chi connectivity index (χ3v) is 3.82. The molecule has 1 heteroatoms. The first-order valence-corrected chi connectivity index (χ1v) is 5.99. The molecule has 0 aromatic carbocycles. The Morgan fingerprint density at radius 1 is 0.692 bits per heavy atom. The molecule has 1 aliphatic heterocycles. The first-order valence-electron chi connectivity index (χ1n) is 5.99. The summed E-state index contributed by atoms with van der Waals surface area (Å²) in [7, 11) is 0. The summed E-state index contributed by atoms with van der Waals surface area (Å²) in [5.74, 6) is 0. The van der Waals surface area contributed by atoms with Crippen LogP contribution in [0, 0.1) is 5.41 Å². The van der Waals surface area contributed by atoms with E-state index in [1.54, 1.807) is 0 Å². The van der Waals surface area contributed by atoms with Crippen molar-refractivity contribution < 1.29 is 4.74 Å². The third-order valence-electron chi connectivity index (χ3n) is 3.82. The van der Waals surface area contributed by atoms with Crippen molar-refractivity contribution in [3.05, 3.63) is 0 Å². The normalized spacial score (nSPS) is 29.5. The van der Waals surface area contributed by atoms with Crippen molar-refractivity contribution in [2.75, 3.05) is 13.2 Å². The van der Waals surface area contributed by atoms with E-state index in [-0.39, 0.29) is 0 Å². The second-order valence-corrected chi connectivity index (χ2v) is 4.92. The molecule has 1 heterocycles. The van der Waals surface area contributed by atoms with Gasteiger partial charge in [0.25, 0.3) is 0 Å². The van der Waals surface area contributed by atoms with Crippen LogP contribution < -0.4 is 0 Å². The van der Waals surface area contributed by atoms with Crippen LogP contribution in [0.25, 0.3) is 0 Å². The van der Waals surface area contributed by atoms with Gasteiger partial charge >= 0.3 is 0 Å². The highest BCUT2D eigenvalue weighted by atomic mass is 16.5. The predicted octanol–water partition coefficient (Wildman–Crippen LogP) is 3.53. The highest BCUT2D eigenvalue weighted by Gasteiger charge is 2.31. The van der Waals surface area contributed by atoms with Gasteiger partial charge in [0.1, 0.15) is 0 Å². The lowest BCUT2D eigenvalue weighted by atomic mass is 9.77. The van der Waals surface area contributed by atoms with Gasteiger partial charge < -0.3 is 4.74 Å². The van der Waals surface area contributed by atoms with E-state index in [9.17, 15) is 0 Å².